The van der Waals surface area contributed by atoms with Crippen LogP contribution in [0.2, 0.25) is 0 Å². The number of carbonyl (C=O) groups is 1. The van der Waals surface area contributed by atoms with Crippen LogP contribution in [0, 0.1) is 5.41 Å². The van der Waals surface area contributed by atoms with Crippen LogP contribution in [0.15, 0.2) is 0 Å². The van der Waals surface area contributed by atoms with Crippen molar-refractivity contribution in [3.8, 4) is 0 Å². The fraction of sp³-hybridized carbons (Fsp3) is 0.929. The molecular formula is C14H28NO4PS2. The predicted octanol–water partition coefficient (Wildman–Crippen LogP) is 3.25. The Balaban J connectivity index is 2.20. The molecule has 0 aromatic carbocycles. The highest BCUT2D eigenvalue weighted by atomic mass is 33.1. The standard InChI is InChI=1S/C14H28NO4PS2/c1-14(2,5-6-15-7-9-18-10-8-15)13(16)19-11-12-22-20(17-3)21-4/h5-12H2,1-4H3. The van der Waals surface area contributed by atoms with Crippen molar-refractivity contribution in [1.29, 1.82) is 0 Å². The van der Waals surface area contributed by atoms with Gasteiger partial charge in [-0.2, -0.15) is 0 Å². The molecule has 1 aliphatic heterocycles. The van der Waals surface area contributed by atoms with Gasteiger partial charge in [0.25, 0.3) is 0 Å². The first-order valence-electron chi connectivity index (χ1n) is 7.48. The summed E-state index contributed by atoms with van der Waals surface area (Å²) in [5.41, 5.74) is -0.436. The lowest BCUT2D eigenvalue weighted by molar-refractivity contribution is -0.153. The van der Waals surface area contributed by atoms with Gasteiger partial charge in [0.05, 0.1) is 18.6 Å². The fourth-order valence-electron chi connectivity index (χ4n) is 1.99. The largest absolute Gasteiger partial charge is 0.464 e. The van der Waals surface area contributed by atoms with Crippen LogP contribution in [0.25, 0.3) is 0 Å². The Bertz CT molecular complexity index is 324. The minimum atomic E-state index is -0.507. The quantitative estimate of drug-likeness (QED) is 0.333. The summed E-state index contributed by atoms with van der Waals surface area (Å²) in [6, 6.07) is 0. The van der Waals surface area contributed by atoms with Crippen LogP contribution < -0.4 is 0 Å². The fourth-order valence-corrected chi connectivity index (χ4v) is 6.02. The first-order chi connectivity index (χ1) is 10.5. The summed E-state index contributed by atoms with van der Waals surface area (Å²) in [5, 5.41) is 0. The average Bonchev–Trinajstić information content (AvgIpc) is 2.54. The highest BCUT2D eigenvalue weighted by Gasteiger charge is 2.30. The molecule has 0 aliphatic carbocycles. The summed E-state index contributed by atoms with van der Waals surface area (Å²) in [6.07, 6.45) is 2.84. The lowest BCUT2D eigenvalue weighted by atomic mass is 9.89. The van der Waals surface area contributed by atoms with Crippen molar-refractivity contribution in [2.75, 3.05) is 58.6 Å². The summed E-state index contributed by atoms with van der Waals surface area (Å²) in [6.45, 7) is 8.29. The molecule has 22 heavy (non-hydrogen) atoms. The van der Waals surface area contributed by atoms with Gasteiger partial charge in [-0.25, -0.2) is 0 Å². The molecule has 1 heterocycles. The Morgan fingerprint density at radius 2 is 2.05 bits per heavy atom. The highest BCUT2D eigenvalue weighted by molar-refractivity contribution is 8.86. The molecule has 0 saturated carbocycles. The summed E-state index contributed by atoms with van der Waals surface area (Å²) in [7, 11) is 1.72. The van der Waals surface area contributed by atoms with E-state index in [1.165, 1.54) is 0 Å². The molecule has 1 aliphatic rings. The number of carbonyl (C=O) groups excluding carboxylic acids is 1. The van der Waals surface area contributed by atoms with Gasteiger partial charge in [-0.15, -0.1) is 0 Å². The van der Waals surface area contributed by atoms with E-state index < -0.39 is 12.0 Å². The molecule has 1 fully saturated rings. The Kier molecular flexibility index (Phi) is 10.4. The topological polar surface area (TPSA) is 48.0 Å². The number of nitrogens with zero attached hydrogens (tertiary/aromatic N) is 1. The van der Waals surface area contributed by atoms with E-state index in [0.29, 0.717) is 6.61 Å². The minimum absolute atomic E-state index is 0.104. The van der Waals surface area contributed by atoms with Crippen LogP contribution in [0.4, 0.5) is 0 Å². The summed E-state index contributed by atoms with van der Waals surface area (Å²) >= 11 is 3.42. The van der Waals surface area contributed by atoms with Crippen LogP contribution in [0.3, 0.4) is 0 Å². The summed E-state index contributed by atoms with van der Waals surface area (Å²) < 4.78 is 16.1. The number of rotatable bonds is 10. The second kappa shape index (κ2) is 11.1. The van der Waals surface area contributed by atoms with E-state index in [2.05, 4.69) is 4.90 Å². The van der Waals surface area contributed by atoms with Gasteiger partial charge in [-0.3, -0.25) is 9.69 Å². The van der Waals surface area contributed by atoms with Crippen molar-refractivity contribution in [2.24, 2.45) is 5.41 Å². The molecule has 1 atom stereocenters. The summed E-state index contributed by atoms with van der Waals surface area (Å²) in [4.78, 5) is 14.6. The average molecular weight is 369 g/mol. The summed E-state index contributed by atoms with van der Waals surface area (Å²) in [5.74, 6) is 0.679. The van der Waals surface area contributed by atoms with Crippen LogP contribution in [0.1, 0.15) is 20.3 Å². The van der Waals surface area contributed by atoms with E-state index in [9.17, 15) is 4.79 Å². The van der Waals surface area contributed by atoms with E-state index in [-0.39, 0.29) is 5.97 Å². The first kappa shape index (κ1) is 20.5. The highest BCUT2D eigenvalue weighted by Crippen LogP contribution is 2.59. The predicted molar refractivity (Wildman–Crippen MR) is 96.5 cm³/mol. The molecule has 0 N–H and O–H groups in total. The van der Waals surface area contributed by atoms with Crippen LogP contribution in [-0.4, -0.2) is 69.4 Å². The second-order valence-corrected chi connectivity index (χ2v) is 12.0. The Labute approximate surface area is 143 Å². The lowest BCUT2D eigenvalue weighted by Crippen LogP contribution is -2.39. The molecule has 0 bridgehead atoms. The second-order valence-electron chi connectivity index (χ2n) is 5.65. The Hall–Kier alpha value is 0.480. The molecule has 0 amide bonds. The molecule has 0 radical (unpaired) electrons. The van der Waals surface area contributed by atoms with E-state index in [4.69, 9.17) is 14.0 Å². The molecular weight excluding hydrogens is 341 g/mol. The molecule has 0 aromatic heterocycles. The van der Waals surface area contributed by atoms with E-state index in [1.54, 1.807) is 29.9 Å². The molecule has 0 spiro atoms. The number of hydrogen-bond donors (Lipinski definition) is 0. The van der Waals surface area contributed by atoms with Crippen LogP contribution >= 0.6 is 29.3 Å². The molecule has 8 heteroatoms. The maximum Gasteiger partial charge on any atom is 0.311 e. The zero-order valence-corrected chi connectivity index (χ0v) is 16.5. The maximum atomic E-state index is 12.2. The van der Waals surface area contributed by atoms with Gasteiger partial charge in [0.15, 0.2) is 6.55 Å². The molecule has 0 aromatic rings. The molecule has 1 rings (SSSR count). The van der Waals surface area contributed by atoms with Crippen LogP contribution in [0.5, 0.6) is 0 Å². The van der Waals surface area contributed by atoms with E-state index >= 15 is 0 Å². The van der Waals surface area contributed by atoms with Crippen LogP contribution in [-0.2, 0) is 18.8 Å². The monoisotopic (exact) mass is 369 g/mol. The normalized spacial score (nSPS) is 18.2. The molecule has 130 valence electrons. The van der Waals surface area contributed by atoms with E-state index in [0.717, 1.165) is 45.0 Å². The van der Waals surface area contributed by atoms with E-state index in [1.807, 2.05) is 20.1 Å². The smallest absolute Gasteiger partial charge is 0.311 e. The number of esters is 1. The minimum Gasteiger partial charge on any atom is -0.464 e. The van der Waals surface area contributed by atoms with Gasteiger partial charge >= 0.3 is 5.97 Å². The van der Waals surface area contributed by atoms with Crippen molar-refractivity contribution < 1.29 is 18.8 Å². The number of hydrogen-bond acceptors (Lipinski definition) is 7. The first-order valence-corrected chi connectivity index (χ1v) is 12.2. The third-order valence-electron chi connectivity index (χ3n) is 3.52. The molecule has 1 saturated heterocycles. The van der Waals surface area contributed by atoms with Crippen molar-refractivity contribution in [2.45, 2.75) is 20.3 Å². The molecule has 5 nitrogen and oxygen atoms in total. The zero-order valence-electron chi connectivity index (χ0n) is 14.0. The van der Waals surface area contributed by atoms with Crippen molar-refractivity contribution in [1.82, 2.24) is 4.90 Å². The third kappa shape index (κ3) is 7.84. The van der Waals surface area contributed by atoms with Gasteiger partial charge in [0, 0.05) is 26.0 Å². The van der Waals surface area contributed by atoms with Gasteiger partial charge < -0.3 is 14.0 Å². The van der Waals surface area contributed by atoms with Crippen molar-refractivity contribution >= 4 is 35.3 Å². The number of morpholine rings is 1. The SMILES string of the molecule is COP(SC)SCCOC(=O)C(C)(C)CCN1CCOCC1. The number of ether oxygens (including phenoxy) is 2. The van der Waals surface area contributed by atoms with Gasteiger partial charge in [0.2, 0.25) is 0 Å². The lowest BCUT2D eigenvalue weighted by Gasteiger charge is -2.30. The van der Waals surface area contributed by atoms with Gasteiger partial charge in [-0.1, -0.05) is 22.8 Å². The zero-order chi connectivity index (χ0) is 16.4. The molecule has 1 unspecified atom stereocenters. The van der Waals surface area contributed by atoms with Crippen molar-refractivity contribution in [3.05, 3.63) is 0 Å². The van der Waals surface area contributed by atoms with Crippen molar-refractivity contribution in [3.63, 3.8) is 0 Å². The van der Waals surface area contributed by atoms with Gasteiger partial charge in [0.1, 0.15) is 6.61 Å². The Morgan fingerprint density at radius 3 is 2.64 bits per heavy atom. The maximum absolute atomic E-state index is 12.2. The van der Waals surface area contributed by atoms with Gasteiger partial charge in [-0.05, 0) is 33.1 Å². The Morgan fingerprint density at radius 1 is 1.36 bits per heavy atom. The third-order valence-corrected chi connectivity index (χ3v) is 9.94.